The van der Waals surface area contributed by atoms with Crippen molar-refractivity contribution >= 4 is 5.91 Å². The Kier molecular flexibility index (Phi) is 7.67. The van der Waals surface area contributed by atoms with E-state index in [4.69, 9.17) is 4.74 Å². The summed E-state index contributed by atoms with van der Waals surface area (Å²) in [4.78, 5) is 19.1. The minimum Gasteiger partial charge on any atom is -0.381 e. The lowest BCUT2D eigenvalue weighted by molar-refractivity contribution is -0.238. The average molecular weight is 533 g/mol. The van der Waals surface area contributed by atoms with Gasteiger partial charge >= 0.3 is 6.18 Å². The Balaban J connectivity index is 0.000000225. The van der Waals surface area contributed by atoms with Crippen LogP contribution in [0.15, 0.2) is 12.3 Å². The lowest BCUT2D eigenvalue weighted by Crippen LogP contribution is -2.57. The molecule has 5 atom stereocenters. The van der Waals surface area contributed by atoms with Crippen LogP contribution in [0, 0.1) is 23.2 Å². The number of hydrogen-bond acceptors (Lipinski definition) is 4. The maximum atomic E-state index is 13.3. The lowest BCUT2D eigenvalue weighted by Gasteiger charge is -2.41. The van der Waals surface area contributed by atoms with Crippen LogP contribution >= 0.6 is 0 Å². The van der Waals surface area contributed by atoms with E-state index in [-0.39, 0.29) is 24.5 Å². The van der Waals surface area contributed by atoms with Gasteiger partial charge in [0.05, 0.1) is 17.6 Å². The second kappa shape index (κ2) is 10.1. The molecule has 37 heavy (non-hydrogen) atoms. The van der Waals surface area contributed by atoms with Crippen LogP contribution in [-0.4, -0.2) is 52.2 Å². The number of hydrogen-bond donors (Lipinski definition) is 1. The highest BCUT2D eigenvalue weighted by atomic mass is 19.4. The molecule has 2 saturated carbocycles. The highest BCUT2D eigenvalue weighted by molar-refractivity contribution is 5.84. The Morgan fingerprint density at radius 3 is 2.57 bits per heavy atom. The third-order valence-corrected chi connectivity index (χ3v) is 9.03. The Bertz CT molecular complexity index is 997. The number of amides is 1. The predicted octanol–water partition coefficient (Wildman–Crippen LogP) is 5.63. The van der Waals surface area contributed by atoms with Gasteiger partial charge in [-0.25, -0.2) is 8.78 Å². The van der Waals surface area contributed by atoms with Gasteiger partial charge < -0.3 is 14.7 Å². The number of ether oxygens (including phenoxy) is 1. The standard InChI is InChI=1S/C19H23F3N2O.C8H14F2O2/c1-12-7-14-3-2-5-18(14,9-12)17(25)24-6-4-16-13(11-24)8-15(10-23-16)19(20,21)22;1-6-3-4-12-5-8(6,11)7(2,9)10/h8,10,12,14H,2-7,9,11H2,1H3;6,11H,3-5H2,1-2H3. The fourth-order valence-electron chi connectivity index (χ4n) is 6.81. The van der Waals surface area contributed by atoms with Crippen molar-refractivity contribution in [2.24, 2.45) is 23.2 Å². The number of carbonyl (C=O) groups is 1. The quantitative estimate of drug-likeness (QED) is 0.502. The summed E-state index contributed by atoms with van der Waals surface area (Å²) in [6.45, 7) is 5.58. The van der Waals surface area contributed by atoms with Crippen molar-refractivity contribution in [3.8, 4) is 0 Å². The second-order valence-electron chi connectivity index (χ2n) is 11.6. The van der Waals surface area contributed by atoms with Crippen LogP contribution < -0.4 is 0 Å². The molecule has 1 N–H and O–H groups in total. The van der Waals surface area contributed by atoms with Crippen LogP contribution in [0.25, 0.3) is 0 Å². The van der Waals surface area contributed by atoms with Crippen LogP contribution in [0.2, 0.25) is 0 Å². The maximum absolute atomic E-state index is 13.3. The number of carbonyl (C=O) groups excluding carboxylic acids is 1. The Hall–Kier alpha value is -1.81. The molecule has 2 aliphatic heterocycles. The van der Waals surface area contributed by atoms with Gasteiger partial charge in [-0.15, -0.1) is 0 Å². The van der Waals surface area contributed by atoms with Crippen LogP contribution in [0.3, 0.4) is 0 Å². The molecule has 0 radical (unpaired) electrons. The van der Waals surface area contributed by atoms with E-state index >= 15 is 0 Å². The molecule has 4 aliphatic rings. The SMILES string of the molecule is CC1CC2CCCC2(C(=O)N2CCc3ncc(C(F)(F)F)cc3C2)C1.CC1CCOCC1(O)C(C)(F)F. The fourth-order valence-corrected chi connectivity index (χ4v) is 6.81. The van der Waals surface area contributed by atoms with Crippen molar-refractivity contribution < 1.29 is 36.6 Å². The van der Waals surface area contributed by atoms with Gasteiger partial charge in [0.25, 0.3) is 5.92 Å². The predicted molar refractivity (Wildman–Crippen MR) is 127 cm³/mol. The van der Waals surface area contributed by atoms with Gasteiger partial charge in [-0.1, -0.05) is 20.3 Å². The van der Waals surface area contributed by atoms with Crippen molar-refractivity contribution in [2.75, 3.05) is 19.8 Å². The van der Waals surface area contributed by atoms with Gasteiger partial charge in [-0.05, 0) is 61.5 Å². The van der Waals surface area contributed by atoms with E-state index in [0.717, 1.165) is 45.2 Å². The smallest absolute Gasteiger partial charge is 0.381 e. The van der Waals surface area contributed by atoms with E-state index in [1.165, 1.54) is 6.07 Å². The Morgan fingerprint density at radius 2 is 1.95 bits per heavy atom. The first-order valence-electron chi connectivity index (χ1n) is 13.2. The molecule has 0 bridgehead atoms. The molecule has 1 aromatic heterocycles. The molecule has 3 fully saturated rings. The minimum absolute atomic E-state index is 0.169. The van der Waals surface area contributed by atoms with E-state index < -0.39 is 29.2 Å². The summed E-state index contributed by atoms with van der Waals surface area (Å²) in [6.07, 6.45) is 2.70. The van der Waals surface area contributed by atoms with Crippen molar-refractivity contribution in [3.63, 3.8) is 0 Å². The normalized spacial score (nSPS) is 33.9. The number of fused-ring (bicyclic) bond motifs is 2. The van der Waals surface area contributed by atoms with Crippen molar-refractivity contribution in [1.29, 1.82) is 0 Å². The van der Waals surface area contributed by atoms with E-state index in [9.17, 15) is 31.9 Å². The molecule has 0 aromatic carbocycles. The molecule has 3 heterocycles. The number of aromatic nitrogens is 1. The molecule has 0 spiro atoms. The molecular weight excluding hydrogens is 495 g/mol. The summed E-state index contributed by atoms with van der Waals surface area (Å²) in [6, 6.07) is 1.17. The topological polar surface area (TPSA) is 62.7 Å². The maximum Gasteiger partial charge on any atom is 0.417 e. The number of aliphatic hydroxyl groups is 1. The first kappa shape index (κ1) is 28.2. The van der Waals surface area contributed by atoms with Gasteiger partial charge in [-0.3, -0.25) is 9.78 Å². The molecule has 2 aliphatic carbocycles. The molecular formula is C27H37F5N2O3. The lowest BCUT2D eigenvalue weighted by atomic mass is 9.78. The summed E-state index contributed by atoms with van der Waals surface area (Å²) in [7, 11) is 0. The van der Waals surface area contributed by atoms with Crippen LogP contribution in [0.4, 0.5) is 22.0 Å². The van der Waals surface area contributed by atoms with Gasteiger partial charge in [0.2, 0.25) is 5.91 Å². The molecule has 5 nitrogen and oxygen atoms in total. The summed E-state index contributed by atoms with van der Waals surface area (Å²) in [5.74, 6) is -2.32. The molecule has 1 aromatic rings. The Morgan fingerprint density at radius 1 is 1.22 bits per heavy atom. The number of halogens is 5. The van der Waals surface area contributed by atoms with Crippen molar-refractivity contribution in [1.82, 2.24) is 9.88 Å². The summed E-state index contributed by atoms with van der Waals surface area (Å²) in [5.41, 5.74) is -1.73. The van der Waals surface area contributed by atoms with E-state index in [0.29, 0.717) is 49.1 Å². The summed E-state index contributed by atoms with van der Waals surface area (Å²) < 4.78 is 69.5. The van der Waals surface area contributed by atoms with E-state index in [1.807, 2.05) is 0 Å². The summed E-state index contributed by atoms with van der Waals surface area (Å²) >= 11 is 0. The van der Waals surface area contributed by atoms with Crippen LogP contribution in [0.1, 0.15) is 76.1 Å². The zero-order chi connectivity index (χ0) is 27.2. The average Bonchev–Trinajstić information content (AvgIpc) is 3.35. The van der Waals surface area contributed by atoms with Crippen molar-refractivity contribution in [2.45, 2.75) is 90.0 Å². The van der Waals surface area contributed by atoms with Crippen molar-refractivity contribution in [3.05, 3.63) is 29.1 Å². The van der Waals surface area contributed by atoms with Gasteiger partial charge in [0.15, 0.2) is 5.60 Å². The molecule has 5 unspecified atom stereocenters. The van der Waals surface area contributed by atoms with Gasteiger partial charge in [0.1, 0.15) is 0 Å². The highest BCUT2D eigenvalue weighted by Crippen LogP contribution is 2.57. The number of alkyl halides is 5. The molecule has 10 heteroatoms. The van der Waals surface area contributed by atoms with Crippen LogP contribution in [-0.2, 0) is 28.7 Å². The molecule has 208 valence electrons. The largest absolute Gasteiger partial charge is 0.417 e. The first-order chi connectivity index (χ1) is 17.2. The third kappa shape index (κ3) is 5.37. The first-order valence-corrected chi connectivity index (χ1v) is 13.2. The second-order valence-corrected chi connectivity index (χ2v) is 11.6. The minimum atomic E-state index is -4.40. The molecule has 1 amide bonds. The third-order valence-electron chi connectivity index (χ3n) is 9.03. The number of nitrogens with zero attached hydrogens (tertiary/aromatic N) is 2. The number of rotatable bonds is 2. The summed E-state index contributed by atoms with van der Waals surface area (Å²) in [5, 5.41) is 9.60. The fraction of sp³-hybridized carbons (Fsp3) is 0.778. The van der Waals surface area contributed by atoms with Gasteiger partial charge in [0, 0.05) is 44.9 Å². The van der Waals surface area contributed by atoms with E-state index in [1.54, 1.807) is 11.8 Å². The van der Waals surface area contributed by atoms with E-state index in [2.05, 4.69) is 11.9 Å². The highest BCUT2D eigenvalue weighted by Gasteiger charge is 2.55. The number of pyridine rings is 1. The van der Waals surface area contributed by atoms with Crippen LogP contribution in [0.5, 0.6) is 0 Å². The monoisotopic (exact) mass is 532 g/mol. The molecule has 1 saturated heterocycles. The van der Waals surface area contributed by atoms with Gasteiger partial charge in [-0.2, -0.15) is 13.2 Å². The zero-order valence-electron chi connectivity index (χ0n) is 21.7. The zero-order valence-corrected chi connectivity index (χ0v) is 21.7. The Labute approximate surface area is 214 Å². The molecule has 5 rings (SSSR count).